The number of nitrogens with one attached hydrogen (secondary N) is 2. The molecule has 2 aliphatic rings. The molecule has 0 spiro atoms. The second-order valence-corrected chi connectivity index (χ2v) is 10.4. The van der Waals surface area contributed by atoms with Gasteiger partial charge in [0.25, 0.3) is 5.91 Å². The summed E-state index contributed by atoms with van der Waals surface area (Å²) in [5.41, 5.74) is 5.18. The van der Waals surface area contributed by atoms with Gasteiger partial charge in [-0.3, -0.25) is 9.78 Å². The third kappa shape index (κ3) is 4.00. The Morgan fingerprint density at radius 2 is 2.03 bits per heavy atom. The van der Waals surface area contributed by atoms with Crippen LogP contribution >= 0.6 is 11.3 Å². The Kier molecular flexibility index (Phi) is 5.31. The smallest absolute Gasteiger partial charge is 0.264 e. The number of anilines is 2. The number of rotatable bonds is 5. The zero-order valence-corrected chi connectivity index (χ0v) is 19.8. The van der Waals surface area contributed by atoms with E-state index in [1.54, 1.807) is 11.3 Å². The predicted molar refractivity (Wildman–Crippen MR) is 136 cm³/mol. The van der Waals surface area contributed by atoms with Gasteiger partial charge in [-0.2, -0.15) is 0 Å². The molecule has 5 heterocycles. The van der Waals surface area contributed by atoms with Crippen LogP contribution in [0.25, 0.3) is 21.1 Å². The van der Waals surface area contributed by atoms with Gasteiger partial charge in [0.05, 0.1) is 20.8 Å². The molecule has 0 radical (unpaired) electrons. The Balaban J connectivity index is 1.25. The molecule has 1 amide bonds. The highest BCUT2D eigenvalue weighted by Crippen LogP contribution is 2.35. The van der Waals surface area contributed by atoms with Gasteiger partial charge >= 0.3 is 0 Å². The molecule has 4 aromatic rings. The highest BCUT2D eigenvalue weighted by atomic mass is 32.1. The first-order valence-corrected chi connectivity index (χ1v) is 12.7. The molecule has 0 aliphatic carbocycles. The van der Waals surface area contributed by atoms with E-state index < -0.39 is 0 Å². The maximum absolute atomic E-state index is 13.5. The van der Waals surface area contributed by atoms with Crippen molar-refractivity contribution in [2.45, 2.75) is 38.6 Å². The molecular weight excluding hydrogens is 430 g/mol. The number of pyridine rings is 1. The highest BCUT2D eigenvalue weighted by Gasteiger charge is 2.32. The highest BCUT2D eigenvalue weighted by molar-refractivity contribution is 7.21. The van der Waals surface area contributed by atoms with Crippen LogP contribution in [0.4, 0.5) is 11.4 Å². The average Bonchev–Trinajstić information content (AvgIpc) is 3.60. The van der Waals surface area contributed by atoms with Gasteiger partial charge in [0.15, 0.2) is 0 Å². The SMILES string of the molecule is Cc1cc2cc(Nc3ccnc4cc(C(=O)N5CCCC5CN5CCCC5)sc34)ccc2[nH]1. The summed E-state index contributed by atoms with van der Waals surface area (Å²) in [6, 6.07) is 12.8. The Bertz CT molecular complexity index is 1320. The number of carbonyl (C=O) groups excluding carboxylic acids is 1. The quantitative estimate of drug-likeness (QED) is 0.412. The van der Waals surface area contributed by atoms with Crippen molar-refractivity contribution in [3.05, 3.63) is 53.2 Å². The molecule has 1 unspecified atom stereocenters. The van der Waals surface area contributed by atoms with Crippen LogP contribution in [-0.2, 0) is 0 Å². The van der Waals surface area contributed by atoms with E-state index in [2.05, 4.69) is 56.3 Å². The van der Waals surface area contributed by atoms with Gasteiger partial charge in [-0.1, -0.05) is 0 Å². The van der Waals surface area contributed by atoms with E-state index in [1.807, 2.05) is 18.3 Å². The minimum Gasteiger partial charge on any atom is -0.359 e. The Labute approximate surface area is 197 Å². The van der Waals surface area contributed by atoms with E-state index in [0.717, 1.165) is 63.6 Å². The average molecular weight is 460 g/mol. The first-order valence-electron chi connectivity index (χ1n) is 11.9. The second kappa shape index (κ2) is 8.47. The maximum atomic E-state index is 13.5. The van der Waals surface area contributed by atoms with Gasteiger partial charge in [-0.25, -0.2) is 0 Å². The number of amides is 1. The first-order chi connectivity index (χ1) is 16.1. The zero-order chi connectivity index (χ0) is 22.4. The molecule has 33 heavy (non-hydrogen) atoms. The van der Waals surface area contributed by atoms with Crippen molar-refractivity contribution >= 4 is 49.7 Å². The van der Waals surface area contributed by atoms with E-state index in [-0.39, 0.29) is 5.91 Å². The zero-order valence-electron chi connectivity index (χ0n) is 18.9. The summed E-state index contributed by atoms with van der Waals surface area (Å²) < 4.78 is 1.03. The van der Waals surface area contributed by atoms with Crippen LogP contribution in [0.5, 0.6) is 0 Å². The van der Waals surface area contributed by atoms with Gasteiger partial charge in [0, 0.05) is 47.6 Å². The lowest BCUT2D eigenvalue weighted by Crippen LogP contribution is -2.42. The summed E-state index contributed by atoms with van der Waals surface area (Å²) >= 11 is 1.55. The molecule has 170 valence electrons. The minimum atomic E-state index is 0.162. The number of benzene rings is 1. The van der Waals surface area contributed by atoms with Gasteiger partial charge in [0.1, 0.15) is 0 Å². The molecule has 2 N–H and O–H groups in total. The van der Waals surface area contributed by atoms with E-state index >= 15 is 0 Å². The Morgan fingerprint density at radius 3 is 2.91 bits per heavy atom. The number of aromatic nitrogens is 2. The minimum absolute atomic E-state index is 0.162. The number of hydrogen-bond donors (Lipinski definition) is 2. The summed E-state index contributed by atoms with van der Waals surface area (Å²) in [5, 5.41) is 4.74. The second-order valence-electron chi connectivity index (χ2n) is 9.37. The van der Waals surface area contributed by atoms with Gasteiger partial charge < -0.3 is 20.1 Å². The normalized spacial score (nSPS) is 19.2. The molecule has 3 aromatic heterocycles. The Hall–Kier alpha value is -2.90. The van der Waals surface area contributed by atoms with Crippen molar-refractivity contribution in [3.63, 3.8) is 0 Å². The van der Waals surface area contributed by atoms with Crippen LogP contribution in [0, 0.1) is 6.92 Å². The summed E-state index contributed by atoms with van der Waals surface area (Å²) in [4.78, 5) is 26.8. The van der Waals surface area contributed by atoms with Crippen molar-refractivity contribution in [3.8, 4) is 0 Å². The summed E-state index contributed by atoms with van der Waals surface area (Å²) in [6.07, 6.45) is 6.60. The number of H-pyrrole nitrogens is 1. The standard InChI is InChI=1S/C26H29N5OS/c1-17-13-18-14-19(6-7-21(18)28-17)29-22-8-9-27-23-15-24(33-25(22)23)26(32)31-12-4-5-20(31)16-30-10-2-3-11-30/h6-9,13-15,20,28H,2-5,10-12,16H2,1H3,(H,27,29). The molecule has 2 fully saturated rings. The molecule has 0 saturated carbocycles. The Morgan fingerprint density at radius 1 is 1.15 bits per heavy atom. The summed E-state index contributed by atoms with van der Waals surface area (Å²) in [6.45, 7) is 6.30. The number of carbonyl (C=O) groups is 1. The van der Waals surface area contributed by atoms with Crippen LogP contribution in [-0.4, -0.2) is 57.9 Å². The lowest BCUT2D eigenvalue weighted by atomic mass is 10.2. The molecule has 6 nitrogen and oxygen atoms in total. The number of aryl methyl sites for hydroxylation is 1. The van der Waals surface area contributed by atoms with Gasteiger partial charge in [-0.05, 0) is 82.1 Å². The largest absolute Gasteiger partial charge is 0.359 e. The van der Waals surface area contributed by atoms with Gasteiger partial charge in [-0.15, -0.1) is 11.3 Å². The monoisotopic (exact) mass is 459 g/mol. The number of thiophene rings is 1. The van der Waals surface area contributed by atoms with Crippen molar-refractivity contribution in [1.29, 1.82) is 0 Å². The third-order valence-electron chi connectivity index (χ3n) is 6.96. The molecule has 2 saturated heterocycles. The summed E-state index contributed by atoms with van der Waals surface area (Å²) in [5.74, 6) is 0.162. The fourth-order valence-corrected chi connectivity index (χ4v) is 6.39. The van der Waals surface area contributed by atoms with Crippen LogP contribution in [0.15, 0.2) is 42.6 Å². The van der Waals surface area contributed by atoms with E-state index in [0.29, 0.717) is 6.04 Å². The fraction of sp³-hybridized carbons (Fsp3) is 0.385. The first kappa shape index (κ1) is 20.7. The molecular formula is C26H29N5OS. The predicted octanol–water partition coefficient (Wildman–Crippen LogP) is 5.53. The molecule has 2 aliphatic heterocycles. The number of nitrogens with zero attached hydrogens (tertiary/aromatic N) is 3. The van der Waals surface area contributed by atoms with E-state index in [4.69, 9.17) is 0 Å². The number of fused-ring (bicyclic) bond motifs is 2. The number of likely N-dealkylation sites (tertiary alicyclic amines) is 2. The summed E-state index contributed by atoms with van der Waals surface area (Å²) in [7, 11) is 0. The number of aromatic amines is 1. The van der Waals surface area contributed by atoms with Crippen LogP contribution < -0.4 is 5.32 Å². The lowest BCUT2D eigenvalue weighted by molar-refractivity contribution is 0.0713. The molecule has 1 aromatic carbocycles. The van der Waals surface area contributed by atoms with Crippen molar-refractivity contribution in [2.75, 3.05) is 31.5 Å². The van der Waals surface area contributed by atoms with E-state index in [1.165, 1.54) is 31.3 Å². The van der Waals surface area contributed by atoms with Crippen LogP contribution in [0.3, 0.4) is 0 Å². The number of hydrogen-bond acceptors (Lipinski definition) is 5. The maximum Gasteiger partial charge on any atom is 0.264 e. The van der Waals surface area contributed by atoms with Crippen molar-refractivity contribution in [2.24, 2.45) is 0 Å². The third-order valence-corrected chi connectivity index (χ3v) is 8.11. The molecule has 7 heteroatoms. The molecule has 1 atom stereocenters. The van der Waals surface area contributed by atoms with Crippen molar-refractivity contribution < 1.29 is 4.79 Å². The molecule has 0 bridgehead atoms. The van der Waals surface area contributed by atoms with Gasteiger partial charge in [0.2, 0.25) is 0 Å². The van der Waals surface area contributed by atoms with E-state index in [9.17, 15) is 4.79 Å². The fourth-order valence-electron chi connectivity index (χ4n) is 5.35. The van der Waals surface area contributed by atoms with Crippen LogP contribution in [0.2, 0.25) is 0 Å². The topological polar surface area (TPSA) is 64.3 Å². The molecule has 6 rings (SSSR count). The van der Waals surface area contributed by atoms with Crippen molar-refractivity contribution in [1.82, 2.24) is 19.8 Å². The van der Waals surface area contributed by atoms with Crippen LogP contribution in [0.1, 0.15) is 41.0 Å². The lowest BCUT2D eigenvalue weighted by Gasteiger charge is -2.28.